The molecular formula is C25H31F3O3. The van der Waals surface area contributed by atoms with Crippen molar-refractivity contribution in [3.63, 3.8) is 0 Å². The lowest BCUT2D eigenvalue weighted by Crippen LogP contribution is -2.20. The van der Waals surface area contributed by atoms with Crippen LogP contribution in [0.3, 0.4) is 0 Å². The summed E-state index contributed by atoms with van der Waals surface area (Å²) in [5.74, 6) is -0.494. The highest BCUT2D eigenvalue weighted by Crippen LogP contribution is 2.44. The summed E-state index contributed by atoms with van der Waals surface area (Å²) in [4.78, 5) is 10.9. The van der Waals surface area contributed by atoms with Crippen LogP contribution in [0.1, 0.15) is 82.4 Å². The number of benzene rings is 1. The average molecular weight is 437 g/mol. The third kappa shape index (κ3) is 7.01. The van der Waals surface area contributed by atoms with Crippen molar-refractivity contribution in [2.24, 2.45) is 0 Å². The number of aliphatic carboxylic acids is 1. The van der Waals surface area contributed by atoms with Gasteiger partial charge in [-0.25, -0.2) is 4.79 Å². The molecule has 170 valence electrons. The molecular weight excluding hydrogens is 405 g/mol. The van der Waals surface area contributed by atoms with Crippen LogP contribution in [0.5, 0.6) is 5.75 Å². The van der Waals surface area contributed by atoms with E-state index in [9.17, 15) is 18.0 Å². The van der Waals surface area contributed by atoms with E-state index in [0.29, 0.717) is 11.3 Å². The minimum Gasteiger partial charge on any atom is -0.483 e. The first-order valence-electron chi connectivity index (χ1n) is 10.6. The van der Waals surface area contributed by atoms with Gasteiger partial charge >= 0.3 is 12.1 Å². The number of allylic oxidation sites excluding steroid dienone is 5. The molecule has 1 aromatic carbocycles. The third-order valence-corrected chi connectivity index (χ3v) is 5.29. The molecule has 0 atom stereocenters. The van der Waals surface area contributed by atoms with E-state index in [2.05, 4.69) is 13.8 Å². The molecule has 1 N–H and O–H groups in total. The molecule has 0 bridgehead atoms. The number of ether oxygens (including phenoxy) is 1. The molecule has 31 heavy (non-hydrogen) atoms. The standard InChI is InChI=1S/C25H31F3O3/c1-15(2)19-12-21(16(3)4)24(31-14-25(26,27)28)22(13-19)20-8-6-7-18(20)10-9-17(5)11-23(29)30/h9-13,15-16H,6-8,14H2,1-5H3,(H,29,30)/b10-9+,17-11+. The summed E-state index contributed by atoms with van der Waals surface area (Å²) in [6.07, 6.45) is 2.73. The van der Waals surface area contributed by atoms with Crippen molar-refractivity contribution >= 4 is 11.5 Å². The van der Waals surface area contributed by atoms with E-state index in [1.165, 1.54) is 0 Å². The van der Waals surface area contributed by atoms with Gasteiger partial charge in [-0.1, -0.05) is 45.9 Å². The molecule has 1 aliphatic carbocycles. The van der Waals surface area contributed by atoms with E-state index in [-0.39, 0.29) is 11.8 Å². The van der Waals surface area contributed by atoms with Gasteiger partial charge < -0.3 is 9.84 Å². The largest absolute Gasteiger partial charge is 0.483 e. The van der Waals surface area contributed by atoms with Gasteiger partial charge in [0, 0.05) is 11.6 Å². The lowest BCUT2D eigenvalue weighted by Gasteiger charge is -2.23. The smallest absolute Gasteiger partial charge is 0.422 e. The molecule has 1 aliphatic rings. The van der Waals surface area contributed by atoms with Crippen LogP contribution in [0, 0.1) is 0 Å². The second-order valence-corrected chi connectivity index (χ2v) is 8.62. The highest BCUT2D eigenvalue weighted by molar-refractivity contribution is 5.81. The molecule has 0 aliphatic heterocycles. The zero-order chi connectivity index (χ0) is 23.3. The molecule has 0 radical (unpaired) electrons. The summed E-state index contributed by atoms with van der Waals surface area (Å²) < 4.78 is 44.3. The minimum absolute atomic E-state index is 0.00224. The molecule has 0 fully saturated rings. The normalized spacial score (nSPS) is 15.6. The number of carboxylic acid groups (broad SMARTS) is 1. The monoisotopic (exact) mass is 436 g/mol. The predicted molar refractivity (Wildman–Crippen MR) is 117 cm³/mol. The molecule has 2 rings (SSSR count). The number of halogens is 3. The molecule has 0 amide bonds. The van der Waals surface area contributed by atoms with Crippen molar-refractivity contribution in [3.05, 3.63) is 58.2 Å². The highest BCUT2D eigenvalue weighted by Gasteiger charge is 2.31. The Balaban J connectivity index is 2.64. The van der Waals surface area contributed by atoms with E-state index in [0.717, 1.165) is 53.2 Å². The molecule has 0 saturated heterocycles. The van der Waals surface area contributed by atoms with Crippen LogP contribution in [0.4, 0.5) is 13.2 Å². The van der Waals surface area contributed by atoms with E-state index in [1.807, 2.05) is 32.1 Å². The fourth-order valence-corrected chi connectivity index (χ4v) is 3.71. The van der Waals surface area contributed by atoms with Crippen LogP contribution in [-0.2, 0) is 4.79 Å². The van der Waals surface area contributed by atoms with Crippen molar-refractivity contribution in [1.29, 1.82) is 0 Å². The van der Waals surface area contributed by atoms with Crippen LogP contribution in [0.15, 0.2) is 41.5 Å². The van der Waals surface area contributed by atoms with Crippen molar-refractivity contribution in [2.75, 3.05) is 6.61 Å². The lowest BCUT2D eigenvalue weighted by atomic mass is 9.88. The highest BCUT2D eigenvalue weighted by atomic mass is 19.4. The maximum Gasteiger partial charge on any atom is 0.422 e. The molecule has 0 aromatic heterocycles. The number of hydrogen-bond acceptors (Lipinski definition) is 2. The van der Waals surface area contributed by atoms with Crippen LogP contribution in [-0.4, -0.2) is 23.9 Å². The van der Waals surface area contributed by atoms with Crippen LogP contribution >= 0.6 is 0 Å². The molecule has 1 aromatic rings. The van der Waals surface area contributed by atoms with E-state index < -0.39 is 18.8 Å². The Morgan fingerprint density at radius 3 is 2.39 bits per heavy atom. The Kier molecular flexibility index (Phi) is 8.15. The van der Waals surface area contributed by atoms with E-state index in [1.54, 1.807) is 13.0 Å². The first kappa shape index (κ1) is 24.8. The average Bonchev–Trinajstić information content (AvgIpc) is 3.11. The van der Waals surface area contributed by atoms with Gasteiger partial charge in [0.2, 0.25) is 0 Å². The third-order valence-electron chi connectivity index (χ3n) is 5.29. The van der Waals surface area contributed by atoms with Gasteiger partial charge in [-0.3, -0.25) is 0 Å². The van der Waals surface area contributed by atoms with Gasteiger partial charge in [-0.2, -0.15) is 13.2 Å². The van der Waals surface area contributed by atoms with Gasteiger partial charge in [-0.05, 0) is 71.9 Å². The predicted octanol–water partition coefficient (Wildman–Crippen LogP) is 7.40. The fraction of sp³-hybridized carbons (Fsp3) is 0.480. The SMILES string of the molecule is CC(/C=C/C1=C(c2cc(C(C)C)cc(C(C)C)c2OCC(F)(F)F)CCC1)=C\C(=O)O. The Bertz CT molecular complexity index is 903. The summed E-state index contributed by atoms with van der Waals surface area (Å²) in [7, 11) is 0. The molecule has 0 saturated carbocycles. The van der Waals surface area contributed by atoms with E-state index >= 15 is 0 Å². The van der Waals surface area contributed by atoms with Crippen LogP contribution in [0.2, 0.25) is 0 Å². The Morgan fingerprint density at radius 1 is 1.16 bits per heavy atom. The van der Waals surface area contributed by atoms with E-state index in [4.69, 9.17) is 9.84 Å². The van der Waals surface area contributed by atoms with Gasteiger partial charge in [0.15, 0.2) is 6.61 Å². The maximum absolute atomic E-state index is 13.0. The molecule has 0 heterocycles. The lowest BCUT2D eigenvalue weighted by molar-refractivity contribution is -0.153. The first-order valence-corrected chi connectivity index (χ1v) is 10.6. The minimum atomic E-state index is -4.42. The fourth-order valence-electron chi connectivity index (χ4n) is 3.71. The molecule has 6 heteroatoms. The maximum atomic E-state index is 13.0. The number of hydrogen-bond donors (Lipinski definition) is 1. The van der Waals surface area contributed by atoms with Gasteiger partial charge in [0.05, 0.1) is 0 Å². The van der Waals surface area contributed by atoms with Crippen molar-refractivity contribution in [2.45, 2.75) is 71.9 Å². The zero-order valence-electron chi connectivity index (χ0n) is 18.8. The summed E-state index contributed by atoms with van der Waals surface area (Å²) in [6, 6.07) is 3.91. The summed E-state index contributed by atoms with van der Waals surface area (Å²) >= 11 is 0. The number of carboxylic acids is 1. The Morgan fingerprint density at radius 2 is 1.84 bits per heavy atom. The van der Waals surface area contributed by atoms with Crippen molar-refractivity contribution < 1.29 is 27.8 Å². The second-order valence-electron chi connectivity index (χ2n) is 8.62. The summed E-state index contributed by atoms with van der Waals surface area (Å²) in [6.45, 7) is 8.39. The molecule has 3 nitrogen and oxygen atoms in total. The molecule has 0 unspecified atom stereocenters. The topological polar surface area (TPSA) is 46.5 Å². The van der Waals surface area contributed by atoms with Crippen LogP contribution < -0.4 is 4.74 Å². The van der Waals surface area contributed by atoms with Gasteiger partial charge in [-0.15, -0.1) is 0 Å². The van der Waals surface area contributed by atoms with Crippen molar-refractivity contribution in [1.82, 2.24) is 0 Å². The number of rotatable bonds is 8. The number of carbonyl (C=O) groups is 1. The Labute approximate surface area is 182 Å². The first-order chi connectivity index (χ1) is 14.4. The van der Waals surface area contributed by atoms with Crippen molar-refractivity contribution in [3.8, 4) is 5.75 Å². The van der Waals surface area contributed by atoms with Crippen LogP contribution in [0.25, 0.3) is 5.57 Å². The van der Waals surface area contributed by atoms with Gasteiger partial charge in [0.25, 0.3) is 0 Å². The Hall–Kier alpha value is -2.50. The second kappa shape index (κ2) is 10.2. The molecule has 0 spiro atoms. The number of alkyl halides is 3. The summed E-state index contributed by atoms with van der Waals surface area (Å²) in [5.41, 5.74) is 5.12. The summed E-state index contributed by atoms with van der Waals surface area (Å²) in [5, 5.41) is 8.90. The zero-order valence-corrected chi connectivity index (χ0v) is 18.8. The van der Waals surface area contributed by atoms with Gasteiger partial charge in [0.1, 0.15) is 5.75 Å². The quantitative estimate of drug-likeness (QED) is 0.341.